The van der Waals surface area contributed by atoms with Crippen LogP contribution in [0.4, 0.5) is 0 Å². The minimum Gasteiger partial charge on any atom is -0.480 e. The van der Waals surface area contributed by atoms with Gasteiger partial charge in [-0.15, -0.1) is 0 Å². The summed E-state index contributed by atoms with van der Waals surface area (Å²) in [6, 6.07) is -0.865. The smallest absolute Gasteiger partial charge is 0.321 e. The van der Waals surface area contributed by atoms with Gasteiger partial charge in [0.05, 0.1) is 12.7 Å². The second-order valence-corrected chi connectivity index (χ2v) is 3.47. The van der Waals surface area contributed by atoms with Crippen LogP contribution in [0.3, 0.4) is 0 Å². The quantitative estimate of drug-likeness (QED) is 0.524. The lowest BCUT2D eigenvalue weighted by Crippen LogP contribution is -2.43. The second kappa shape index (κ2) is 4.04. The highest BCUT2D eigenvalue weighted by Crippen LogP contribution is 2.20. The third-order valence-corrected chi connectivity index (χ3v) is 2.43. The van der Waals surface area contributed by atoms with E-state index in [4.69, 9.17) is 10.2 Å². The Morgan fingerprint density at radius 3 is 2.77 bits per heavy atom. The number of hydrogen-bond donors (Lipinski definition) is 3. The second-order valence-electron chi connectivity index (χ2n) is 3.47. The van der Waals surface area contributed by atoms with Crippen LogP contribution in [-0.2, 0) is 4.79 Å². The minimum atomic E-state index is -0.933. The van der Waals surface area contributed by atoms with E-state index in [1.807, 2.05) is 0 Å². The Bertz CT molecular complexity index is 197. The summed E-state index contributed by atoms with van der Waals surface area (Å²) in [4.78, 5) is 12.4. The molecule has 5 nitrogen and oxygen atoms in total. The van der Waals surface area contributed by atoms with Gasteiger partial charge in [0.15, 0.2) is 0 Å². The molecule has 0 aromatic carbocycles. The van der Waals surface area contributed by atoms with Gasteiger partial charge in [0.2, 0.25) is 0 Å². The van der Waals surface area contributed by atoms with Crippen molar-refractivity contribution in [2.45, 2.75) is 31.5 Å². The topological polar surface area (TPSA) is 81.0 Å². The third-order valence-electron chi connectivity index (χ3n) is 2.43. The van der Waals surface area contributed by atoms with E-state index in [1.54, 1.807) is 11.8 Å². The normalized spacial score (nSPS) is 31.9. The summed E-state index contributed by atoms with van der Waals surface area (Å²) in [7, 11) is 0. The number of nitrogens with zero attached hydrogens (tertiary/aromatic N) is 1. The maximum absolute atomic E-state index is 10.7. The maximum atomic E-state index is 10.7. The van der Waals surface area contributed by atoms with Crippen molar-refractivity contribution >= 4 is 5.97 Å². The Hall–Kier alpha value is -0.650. The van der Waals surface area contributed by atoms with Crippen molar-refractivity contribution in [2.24, 2.45) is 0 Å². The zero-order valence-corrected chi connectivity index (χ0v) is 7.55. The molecule has 0 spiro atoms. The molecule has 3 unspecified atom stereocenters. The summed E-state index contributed by atoms with van der Waals surface area (Å²) in [6.07, 6.45) is -0.338. The van der Waals surface area contributed by atoms with E-state index < -0.39 is 18.1 Å². The molecule has 0 aliphatic carbocycles. The minimum absolute atomic E-state index is 0.0868. The van der Waals surface area contributed by atoms with Gasteiger partial charge in [-0.05, 0) is 6.92 Å². The van der Waals surface area contributed by atoms with Crippen molar-refractivity contribution < 1.29 is 20.1 Å². The van der Waals surface area contributed by atoms with Crippen molar-refractivity contribution in [3.63, 3.8) is 0 Å². The molecule has 5 heteroatoms. The third kappa shape index (κ3) is 2.18. The molecule has 0 aromatic heterocycles. The molecule has 0 amide bonds. The number of hydrogen-bond acceptors (Lipinski definition) is 4. The van der Waals surface area contributed by atoms with Crippen molar-refractivity contribution in [2.75, 3.05) is 13.2 Å². The summed E-state index contributed by atoms with van der Waals surface area (Å²) >= 11 is 0. The molecule has 1 fully saturated rings. The van der Waals surface area contributed by atoms with Crippen LogP contribution >= 0.6 is 0 Å². The zero-order valence-electron chi connectivity index (χ0n) is 7.55. The summed E-state index contributed by atoms with van der Waals surface area (Å²) < 4.78 is 0. The lowest BCUT2D eigenvalue weighted by Gasteiger charge is -2.26. The summed E-state index contributed by atoms with van der Waals surface area (Å²) in [6.45, 7) is 1.99. The Morgan fingerprint density at radius 2 is 2.31 bits per heavy atom. The van der Waals surface area contributed by atoms with Crippen LogP contribution < -0.4 is 0 Å². The van der Waals surface area contributed by atoms with Crippen molar-refractivity contribution in [1.82, 2.24) is 4.90 Å². The predicted octanol–water partition coefficient (Wildman–Crippen LogP) is -1.11. The lowest BCUT2D eigenvalue weighted by molar-refractivity contribution is -0.143. The number of carboxylic acids is 1. The zero-order chi connectivity index (χ0) is 10.0. The van der Waals surface area contributed by atoms with E-state index in [-0.39, 0.29) is 19.1 Å². The average molecular weight is 189 g/mol. The number of aliphatic carboxylic acids is 1. The van der Waals surface area contributed by atoms with Crippen LogP contribution in [0.5, 0.6) is 0 Å². The molecule has 3 N–H and O–H groups in total. The highest BCUT2D eigenvalue weighted by molar-refractivity contribution is 5.74. The van der Waals surface area contributed by atoms with Gasteiger partial charge >= 0.3 is 5.97 Å². The van der Waals surface area contributed by atoms with E-state index in [0.717, 1.165) is 0 Å². The first kappa shape index (κ1) is 10.4. The molecule has 76 valence electrons. The molecule has 0 radical (unpaired) electrons. The lowest BCUT2D eigenvalue weighted by atomic mass is 10.2. The van der Waals surface area contributed by atoms with Gasteiger partial charge in [-0.2, -0.15) is 0 Å². The van der Waals surface area contributed by atoms with E-state index >= 15 is 0 Å². The monoisotopic (exact) mass is 189 g/mol. The van der Waals surface area contributed by atoms with Crippen LogP contribution in [-0.4, -0.2) is 57.5 Å². The molecule has 0 bridgehead atoms. The van der Waals surface area contributed by atoms with Crippen molar-refractivity contribution in [3.8, 4) is 0 Å². The molecule has 0 saturated carbocycles. The fourth-order valence-electron chi connectivity index (χ4n) is 1.67. The van der Waals surface area contributed by atoms with Crippen molar-refractivity contribution in [1.29, 1.82) is 0 Å². The number of aliphatic hydroxyl groups excluding tert-OH is 2. The first-order valence-electron chi connectivity index (χ1n) is 4.33. The summed E-state index contributed by atoms with van der Waals surface area (Å²) in [5, 5.41) is 27.0. The molecular weight excluding hydrogens is 174 g/mol. The molecule has 1 saturated heterocycles. The van der Waals surface area contributed by atoms with Gasteiger partial charge in [-0.3, -0.25) is 9.69 Å². The molecule has 1 aliphatic heterocycles. The van der Waals surface area contributed by atoms with Gasteiger partial charge in [-0.1, -0.05) is 0 Å². The first-order valence-corrected chi connectivity index (χ1v) is 4.33. The van der Waals surface area contributed by atoms with Crippen LogP contribution in [0.15, 0.2) is 0 Å². The Labute approximate surface area is 76.6 Å². The number of rotatable bonds is 3. The van der Waals surface area contributed by atoms with Crippen molar-refractivity contribution in [3.05, 3.63) is 0 Å². The van der Waals surface area contributed by atoms with Crippen LogP contribution in [0.2, 0.25) is 0 Å². The standard InChI is InChI=1S/C8H15NO4/c1-5(4-10)9-3-6(11)2-7(9)8(12)13/h5-7,10-11H,2-4H2,1H3,(H,12,13). The Morgan fingerprint density at radius 1 is 1.69 bits per heavy atom. The largest absolute Gasteiger partial charge is 0.480 e. The van der Waals surface area contributed by atoms with Gasteiger partial charge in [0, 0.05) is 19.0 Å². The molecule has 1 rings (SSSR count). The predicted molar refractivity (Wildman–Crippen MR) is 45.3 cm³/mol. The van der Waals surface area contributed by atoms with Crippen LogP contribution in [0.1, 0.15) is 13.3 Å². The molecule has 13 heavy (non-hydrogen) atoms. The van der Waals surface area contributed by atoms with E-state index in [0.29, 0.717) is 6.54 Å². The average Bonchev–Trinajstić information content (AvgIpc) is 2.46. The Kier molecular flexibility index (Phi) is 3.24. The number of carboxylic acid groups (broad SMARTS) is 1. The fraction of sp³-hybridized carbons (Fsp3) is 0.875. The maximum Gasteiger partial charge on any atom is 0.321 e. The van der Waals surface area contributed by atoms with Crippen LogP contribution in [0.25, 0.3) is 0 Å². The molecule has 0 aromatic rings. The summed E-state index contributed by atoms with van der Waals surface area (Å²) in [5.41, 5.74) is 0. The number of carbonyl (C=O) groups is 1. The van der Waals surface area contributed by atoms with E-state index in [9.17, 15) is 9.90 Å². The van der Waals surface area contributed by atoms with E-state index in [1.165, 1.54) is 0 Å². The molecule has 1 heterocycles. The van der Waals surface area contributed by atoms with Crippen LogP contribution in [0, 0.1) is 0 Å². The first-order chi connectivity index (χ1) is 6.06. The molecular formula is C8H15NO4. The highest BCUT2D eigenvalue weighted by atomic mass is 16.4. The van der Waals surface area contributed by atoms with Gasteiger partial charge in [0.1, 0.15) is 6.04 Å². The molecule has 3 atom stereocenters. The number of β-amino-alcohol motifs (C(OH)–C–C–N with tert-alkyl or cyclic N) is 1. The summed E-state index contributed by atoms with van der Waals surface area (Å²) in [5.74, 6) is -0.933. The number of aliphatic hydroxyl groups is 2. The fourth-order valence-corrected chi connectivity index (χ4v) is 1.67. The van der Waals surface area contributed by atoms with Gasteiger partial charge in [0.25, 0.3) is 0 Å². The van der Waals surface area contributed by atoms with E-state index in [2.05, 4.69) is 0 Å². The van der Waals surface area contributed by atoms with Gasteiger partial charge < -0.3 is 15.3 Å². The number of likely N-dealkylation sites (tertiary alicyclic amines) is 1. The molecule has 1 aliphatic rings. The SMILES string of the molecule is CC(CO)N1CC(O)CC1C(=O)O. The Balaban J connectivity index is 2.65. The highest BCUT2D eigenvalue weighted by Gasteiger charge is 2.38. The van der Waals surface area contributed by atoms with Gasteiger partial charge in [-0.25, -0.2) is 0 Å².